The second kappa shape index (κ2) is 6.72. The van der Waals surface area contributed by atoms with Crippen molar-refractivity contribution in [2.75, 3.05) is 11.1 Å². The molecule has 0 saturated heterocycles. The monoisotopic (exact) mass is 326 g/mol. The number of anilines is 1. The van der Waals surface area contributed by atoms with E-state index in [0.29, 0.717) is 10.9 Å². The van der Waals surface area contributed by atoms with Crippen LogP contribution in [0.4, 0.5) is 5.13 Å². The maximum absolute atomic E-state index is 11.8. The highest BCUT2D eigenvalue weighted by atomic mass is 32.2. The van der Waals surface area contributed by atoms with Gasteiger partial charge < -0.3 is 15.6 Å². The maximum atomic E-state index is 11.8. The van der Waals surface area contributed by atoms with Gasteiger partial charge in [0.25, 0.3) is 5.91 Å². The van der Waals surface area contributed by atoms with E-state index in [9.17, 15) is 9.59 Å². The molecule has 0 bridgehead atoms. The summed E-state index contributed by atoms with van der Waals surface area (Å²) in [5.41, 5.74) is 7.10. The molecule has 0 aromatic carbocycles. The average molecular weight is 326 g/mol. The largest absolute Gasteiger partial charge is 0.364 e. The summed E-state index contributed by atoms with van der Waals surface area (Å²) >= 11 is 2.62. The van der Waals surface area contributed by atoms with Crippen molar-refractivity contribution in [3.63, 3.8) is 0 Å². The first-order valence-electron chi connectivity index (χ1n) is 6.02. The summed E-state index contributed by atoms with van der Waals surface area (Å²) < 4.78 is 5.06. The number of hydrogen-bond donors (Lipinski definition) is 2. The number of nitrogens with two attached hydrogens (primary N) is 1. The molecule has 0 unspecified atom stereocenters. The summed E-state index contributed by atoms with van der Waals surface area (Å²) in [6.45, 7) is 3.71. The van der Waals surface area contributed by atoms with Gasteiger partial charge in [-0.3, -0.25) is 9.59 Å². The Kier molecular flexibility index (Phi) is 4.97. The van der Waals surface area contributed by atoms with Crippen molar-refractivity contribution >= 4 is 40.0 Å². The highest BCUT2D eigenvalue weighted by molar-refractivity contribution is 7.99. The number of thiazole rings is 1. The van der Waals surface area contributed by atoms with Crippen molar-refractivity contribution in [2.24, 2.45) is 5.73 Å². The zero-order valence-electron chi connectivity index (χ0n) is 11.5. The van der Waals surface area contributed by atoms with Gasteiger partial charge in [0, 0.05) is 16.7 Å². The van der Waals surface area contributed by atoms with Gasteiger partial charge in [-0.2, -0.15) is 0 Å². The van der Waals surface area contributed by atoms with Crippen LogP contribution < -0.4 is 11.1 Å². The average Bonchev–Trinajstić information content (AvgIpc) is 3.00. The number of carbonyl (C=O) groups is 2. The third-order valence-electron chi connectivity index (χ3n) is 2.66. The third kappa shape index (κ3) is 4.05. The van der Waals surface area contributed by atoms with Crippen molar-refractivity contribution in [2.45, 2.75) is 19.6 Å². The minimum Gasteiger partial charge on any atom is -0.364 e. The first kappa shape index (κ1) is 15.5. The van der Waals surface area contributed by atoms with E-state index in [0.717, 1.165) is 28.4 Å². The Bertz CT molecular complexity index is 646. The predicted molar refractivity (Wildman–Crippen MR) is 81.4 cm³/mol. The standard InChI is InChI=1S/C12H14N4O3S2/c1-6-8(7(2)19-16-6)3-20-5-10(17)15-12-14-9(4-21-12)11(13)18/h4H,3,5H2,1-2H3,(H2,13,18)(H,14,15,17). The van der Waals surface area contributed by atoms with Gasteiger partial charge >= 0.3 is 0 Å². The summed E-state index contributed by atoms with van der Waals surface area (Å²) in [6.07, 6.45) is 0. The molecule has 0 atom stereocenters. The van der Waals surface area contributed by atoms with E-state index in [2.05, 4.69) is 15.5 Å². The normalized spacial score (nSPS) is 10.6. The lowest BCUT2D eigenvalue weighted by Crippen LogP contribution is -2.15. The quantitative estimate of drug-likeness (QED) is 0.836. The van der Waals surface area contributed by atoms with Crippen LogP contribution in [0.1, 0.15) is 27.5 Å². The minimum absolute atomic E-state index is 0.152. The molecule has 0 aliphatic heterocycles. The molecular weight excluding hydrogens is 312 g/mol. The molecule has 0 saturated carbocycles. The molecule has 2 aromatic rings. The van der Waals surface area contributed by atoms with E-state index in [1.807, 2.05) is 13.8 Å². The van der Waals surface area contributed by atoms with Crippen LogP contribution in [-0.2, 0) is 10.5 Å². The first-order chi connectivity index (χ1) is 9.97. The smallest absolute Gasteiger partial charge is 0.268 e. The van der Waals surface area contributed by atoms with Gasteiger partial charge in [0.1, 0.15) is 11.5 Å². The van der Waals surface area contributed by atoms with Crippen LogP contribution in [0.5, 0.6) is 0 Å². The maximum Gasteiger partial charge on any atom is 0.268 e. The number of aromatic nitrogens is 2. The SMILES string of the molecule is Cc1noc(C)c1CSCC(=O)Nc1nc(C(N)=O)cs1. The third-order valence-corrected chi connectivity index (χ3v) is 4.38. The Morgan fingerprint density at radius 1 is 1.48 bits per heavy atom. The van der Waals surface area contributed by atoms with Crippen molar-refractivity contribution < 1.29 is 14.1 Å². The number of nitrogens with one attached hydrogen (secondary N) is 1. The highest BCUT2D eigenvalue weighted by Crippen LogP contribution is 2.20. The molecule has 112 valence electrons. The van der Waals surface area contributed by atoms with Gasteiger partial charge in [0.2, 0.25) is 5.91 Å². The molecule has 2 amide bonds. The molecule has 0 spiro atoms. The number of rotatable bonds is 6. The fraction of sp³-hybridized carbons (Fsp3) is 0.333. The van der Waals surface area contributed by atoms with E-state index in [-0.39, 0.29) is 17.4 Å². The van der Waals surface area contributed by atoms with Gasteiger partial charge in [-0.25, -0.2) is 4.98 Å². The summed E-state index contributed by atoms with van der Waals surface area (Å²) in [6, 6.07) is 0. The fourth-order valence-electron chi connectivity index (χ4n) is 1.55. The molecule has 21 heavy (non-hydrogen) atoms. The summed E-state index contributed by atoms with van der Waals surface area (Å²) in [5.74, 6) is 0.900. The van der Waals surface area contributed by atoms with Crippen LogP contribution in [-0.4, -0.2) is 27.7 Å². The molecule has 3 N–H and O–H groups in total. The van der Waals surface area contributed by atoms with Gasteiger partial charge in [-0.1, -0.05) is 5.16 Å². The molecular formula is C12H14N4O3S2. The van der Waals surface area contributed by atoms with Crippen LogP contribution in [0.2, 0.25) is 0 Å². The second-order valence-electron chi connectivity index (χ2n) is 4.25. The summed E-state index contributed by atoms with van der Waals surface area (Å²) in [4.78, 5) is 26.6. The molecule has 2 heterocycles. The van der Waals surface area contributed by atoms with Crippen molar-refractivity contribution in [1.29, 1.82) is 0 Å². The van der Waals surface area contributed by atoms with E-state index in [1.54, 1.807) is 0 Å². The Hall–Kier alpha value is -1.87. The Labute approximate surface area is 129 Å². The molecule has 0 radical (unpaired) electrons. The number of carbonyl (C=O) groups excluding carboxylic acids is 2. The lowest BCUT2D eigenvalue weighted by molar-refractivity contribution is -0.113. The molecule has 2 aromatic heterocycles. The van der Waals surface area contributed by atoms with Crippen LogP contribution in [0.25, 0.3) is 0 Å². The zero-order chi connectivity index (χ0) is 15.4. The number of nitrogens with zero attached hydrogens (tertiary/aromatic N) is 2. The van der Waals surface area contributed by atoms with Crippen molar-refractivity contribution in [3.8, 4) is 0 Å². The highest BCUT2D eigenvalue weighted by Gasteiger charge is 2.12. The Balaban J connectivity index is 1.81. The Morgan fingerprint density at radius 3 is 2.81 bits per heavy atom. The number of primary amides is 1. The topological polar surface area (TPSA) is 111 Å². The minimum atomic E-state index is -0.612. The molecule has 7 nitrogen and oxygen atoms in total. The van der Waals surface area contributed by atoms with Gasteiger partial charge in [-0.15, -0.1) is 23.1 Å². The number of thioether (sulfide) groups is 1. The van der Waals surface area contributed by atoms with Crippen LogP contribution in [0.3, 0.4) is 0 Å². The fourth-order valence-corrected chi connectivity index (χ4v) is 3.25. The summed E-state index contributed by atoms with van der Waals surface area (Å²) in [5, 5.41) is 8.36. The van der Waals surface area contributed by atoms with Crippen molar-refractivity contribution in [3.05, 3.63) is 28.1 Å². The van der Waals surface area contributed by atoms with Gasteiger partial charge in [0.05, 0.1) is 11.4 Å². The van der Waals surface area contributed by atoms with Gasteiger partial charge in [0.15, 0.2) is 5.13 Å². The number of aryl methyl sites for hydroxylation is 2. The predicted octanol–water partition coefficient (Wildman–Crippen LogP) is 1.72. The number of hydrogen-bond acceptors (Lipinski definition) is 7. The molecule has 0 fully saturated rings. The molecule has 0 aliphatic rings. The lowest BCUT2D eigenvalue weighted by atomic mass is 10.2. The summed E-state index contributed by atoms with van der Waals surface area (Å²) in [7, 11) is 0. The van der Waals surface area contributed by atoms with Crippen LogP contribution >= 0.6 is 23.1 Å². The van der Waals surface area contributed by atoms with E-state index < -0.39 is 5.91 Å². The number of amides is 2. The van der Waals surface area contributed by atoms with E-state index in [4.69, 9.17) is 10.3 Å². The van der Waals surface area contributed by atoms with E-state index >= 15 is 0 Å². The molecule has 0 aliphatic carbocycles. The Morgan fingerprint density at radius 2 is 2.24 bits per heavy atom. The second-order valence-corrected chi connectivity index (χ2v) is 6.09. The molecule has 2 rings (SSSR count). The zero-order valence-corrected chi connectivity index (χ0v) is 13.1. The van der Waals surface area contributed by atoms with Gasteiger partial charge in [-0.05, 0) is 13.8 Å². The van der Waals surface area contributed by atoms with Crippen molar-refractivity contribution in [1.82, 2.24) is 10.1 Å². The first-order valence-corrected chi connectivity index (χ1v) is 8.05. The lowest BCUT2D eigenvalue weighted by Gasteiger charge is -2.02. The molecule has 9 heteroatoms. The van der Waals surface area contributed by atoms with E-state index in [1.165, 1.54) is 17.1 Å². The van der Waals surface area contributed by atoms with Crippen LogP contribution in [0, 0.1) is 13.8 Å². The van der Waals surface area contributed by atoms with Crippen LogP contribution in [0.15, 0.2) is 9.90 Å².